The van der Waals surface area contributed by atoms with E-state index < -0.39 is 39.1 Å². The number of carbonyl (C=O) groups excluding carboxylic acids is 2. The van der Waals surface area contributed by atoms with E-state index in [4.69, 9.17) is 0 Å². The van der Waals surface area contributed by atoms with Crippen molar-refractivity contribution in [3.63, 3.8) is 0 Å². The Labute approximate surface area is 194 Å². The van der Waals surface area contributed by atoms with Crippen molar-refractivity contribution in [1.29, 1.82) is 0 Å². The number of sulfonamides is 1. The third-order valence-electron chi connectivity index (χ3n) is 5.50. The molecule has 178 valence electrons. The summed E-state index contributed by atoms with van der Waals surface area (Å²) >= 11 is 0. The fourth-order valence-electron chi connectivity index (χ4n) is 3.79. The van der Waals surface area contributed by atoms with Crippen molar-refractivity contribution in [2.24, 2.45) is 0 Å². The normalized spacial score (nSPS) is 15.2. The summed E-state index contributed by atoms with van der Waals surface area (Å²) in [5.41, 5.74) is 0.00317. The van der Waals surface area contributed by atoms with Crippen LogP contribution in [0.5, 0.6) is 5.75 Å². The second kappa shape index (κ2) is 9.21. The average Bonchev–Trinajstić information content (AvgIpc) is 2.83. The Hall–Kier alpha value is -3.80. The molecule has 0 bridgehead atoms. The van der Waals surface area contributed by atoms with Crippen molar-refractivity contribution >= 4 is 38.6 Å². The SMILES string of the molecule is CNC(=O)c1cc(F)ccc1CN[14C](=O)c1nc(N2CCCCS2(=O)=O)c2cccnc2c1O. The zero-order valence-electron chi connectivity index (χ0n) is 18.2. The van der Waals surface area contributed by atoms with E-state index in [1.807, 2.05) is 0 Å². The van der Waals surface area contributed by atoms with Gasteiger partial charge in [-0.1, -0.05) is 6.07 Å². The Bertz CT molecular complexity index is 1400. The minimum absolute atomic E-state index is 0.0126. The molecule has 12 heteroatoms. The zero-order chi connectivity index (χ0) is 24.5. The number of aromatic nitrogens is 2. The molecule has 1 aromatic carbocycles. The molecule has 0 spiro atoms. The lowest BCUT2D eigenvalue weighted by molar-refractivity contribution is 0.0934. The highest BCUT2D eigenvalue weighted by Crippen LogP contribution is 2.35. The highest BCUT2D eigenvalue weighted by atomic mass is 32.2. The number of carbonyl (C=O) groups is 2. The minimum Gasteiger partial charge on any atom is -0.504 e. The van der Waals surface area contributed by atoms with Crippen LogP contribution in [0.3, 0.4) is 0 Å². The lowest BCUT2D eigenvalue weighted by Crippen LogP contribution is -2.39. The van der Waals surface area contributed by atoms with Crippen molar-refractivity contribution in [2.75, 3.05) is 23.7 Å². The summed E-state index contributed by atoms with van der Waals surface area (Å²) in [5.74, 6) is -2.49. The van der Waals surface area contributed by atoms with Gasteiger partial charge in [0, 0.05) is 37.3 Å². The number of nitrogens with zero attached hydrogens (tertiary/aromatic N) is 3. The summed E-state index contributed by atoms with van der Waals surface area (Å²) in [6, 6.07) is 6.72. The van der Waals surface area contributed by atoms with Crippen molar-refractivity contribution in [2.45, 2.75) is 19.4 Å². The minimum atomic E-state index is -3.65. The van der Waals surface area contributed by atoms with Gasteiger partial charge in [0.15, 0.2) is 17.3 Å². The number of pyridine rings is 2. The van der Waals surface area contributed by atoms with Gasteiger partial charge in [-0.25, -0.2) is 17.8 Å². The van der Waals surface area contributed by atoms with Gasteiger partial charge in [-0.15, -0.1) is 0 Å². The first-order chi connectivity index (χ1) is 16.2. The smallest absolute Gasteiger partial charge is 0.274 e. The maximum Gasteiger partial charge on any atom is 0.274 e. The van der Waals surface area contributed by atoms with Gasteiger partial charge in [0.05, 0.1) is 5.75 Å². The molecule has 0 aliphatic carbocycles. The lowest BCUT2D eigenvalue weighted by Gasteiger charge is -2.28. The molecule has 0 radical (unpaired) electrons. The van der Waals surface area contributed by atoms with Crippen LogP contribution in [0.2, 0.25) is 0 Å². The molecule has 3 heterocycles. The van der Waals surface area contributed by atoms with E-state index in [1.165, 1.54) is 19.3 Å². The Balaban J connectivity index is 1.72. The molecule has 2 aromatic heterocycles. The fraction of sp³-hybridized carbons (Fsp3) is 0.273. The Morgan fingerprint density at radius 1 is 1.29 bits per heavy atom. The van der Waals surface area contributed by atoms with E-state index >= 15 is 0 Å². The van der Waals surface area contributed by atoms with E-state index in [9.17, 15) is 27.5 Å². The molecule has 3 N–H and O–H groups in total. The van der Waals surface area contributed by atoms with Gasteiger partial charge in [0.1, 0.15) is 11.3 Å². The van der Waals surface area contributed by atoms with Gasteiger partial charge in [0.2, 0.25) is 10.0 Å². The summed E-state index contributed by atoms with van der Waals surface area (Å²) in [7, 11) is -2.25. The van der Waals surface area contributed by atoms with E-state index in [1.54, 1.807) is 12.1 Å². The van der Waals surface area contributed by atoms with Crippen LogP contribution in [0.15, 0.2) is 36.5 Å². The predicted molar refractivity (Wildman–Crippen MR) is 123 cm³/mol. The van der Waals surface area contributed by atoms with Crippen LogP contribution >= 0.6 is 0 Å². The molecule has 0 saturated carbocycles. The highest BCUT2D eigenvalue weighted by Gasteiger charge is 2.31. The number of halogens is 1. The van der Waals surface area contributed by atoms with Crippen LogP contribution < -0.4 is 14.9 Å². The molecular formula is C22H22FN5O5S. The fourth-order valence-corrected chi connectivity index (χ4v) is 5.39. The summed E-state index contributed by atoms with van der Waals surface area (Å²) in [5, 5.41) is 16.0. The Morgan fingerprint density at radius 3 is 2.82 bits per heavy atom. The molecule has 1 aliphatic heterocycles. The molecule has 4 rings (SSSR count). The highest BCUT2D eigenvalue weighted by molar-refractivity contribution is 7.92. The number of nitrogens with one attached hydrogen (secondary N) is 2. The van der Waals surface area contributed by atoms with E-state index in [-0.39, 0.29) is 35.7 Å². The number of rotatable bonds is 5. The second-order valence-corrected chi connectivity index (χ2v) is 9.70. The summed E-state index contributed by atoms with van der Waals surface area (Å²) in [6.07, 6.45) is 2.55. The van der Waals surface area contributed by atoms with Crippen LogP contribution in [0.1, 0.15) is 39.3 Å². The molecule has 0 unspecified atom stereocenters. The molecule has 1 fully saturated rings. The Morgan fingerprint density at radius 2 is 2.09 bits per heavy atom. The molecule has 10 nitrogen and oxygen atoms in total. The number of hydrogen-bond acceptors (Lipinski definition) is 7. The largest absolute Gasteiger partial charge is 0.504 e. The molecule has 1 aliphatic rings. The summed E-state index contributed by atoms with van der Waals surface area (Å²) in [4.78, 5) is 33.4. The number of hydrogen-bond donors (Lipinski definition) is 3. The molecule has 1 saturated heterocycles. The van der Waals surface area contributed by atoms with Gasteiger partial charge in [-0.05, 0) is 42.7 Å². The van der Waals surface area contributed by atoms with Gasteiger partial charge in [-0.3, -0.25) is 18.9 Å². The lowest BCUT2D eigenvalue weighted by atomic mass is 10.1. The van der Waals surface area contributed by atoms with Crippen molar-refractivity contribution in [3.05, 3.63) is 59.2 Å². The predicted octanol–water partition coefficient (Wildman–Crippen LogP) is 1.69. The topological polar surface area (TPSA) is 142 Å². The zero-order valence-corrected chi connectivity index (χ0v) is 19.0. The molecule has 3 aromatic rings. The van der Waals surface area contributed by atoms with E-state index in [0.717, 1.165) is 16.4 Å². The van der Waals surface area contributed by atoms with Gasteiger partial charge in [-0.2, -0.15) is 0 Å². The quantitative estimate of drug-likeness (QED) is 0.495. The maximum absolute atomic E-state index is 13.6. The first kappa shape index (κ1) is 23.4. The summed E-state index contributed by atoms with van der Waals surface area (Å²) in [6.45, 7) is 0.0246. The van der Waals surface area contributed by atoms with E-state index in [0.29, 0.717) is 23.8 Å². The molecule has 0 atom stereocenters. The van der Waals surface area contributed by atoms with E-state index in [2.05, 4.69) is 20.6 Å². The maximum atomic E-state index is 13.6. The number of amides is 2. The second-order valence-electron chi connectivity index (χ2n) is 7.69. The Kier molecular flexibility index (Phi) is 6.33. The third-order valence-corrected chi connectivity index (χ3v) is 7.33. The van der Waals surface area contributed by atoms with Crippen molar-refractivity contribution < 1.29 is 27.5 Å². The van der Waals surface area contributed by atoms with Crippen molar-refractivity contribution in [3.8, 4) is 5.75 Å². The summed E-state index contributed by atoms with van der Waals surface area (Å²) < 4.78 is 40.1. The van der Waals surface area contributed by atoms with Gasteiger partial charge < -0.3 is 15.7 Å². The van der Waals surface area contributed by atoms with Gasteiger partial charge >= 0.3 is 0 Å². The average molecular weight is 490 g/mol. The number of anilines is 1. The first-order valence-electron chi connectivity index (χ1n) is 10.5. The number of fused-ring (bicyclic) bond motifs is 1. The molecular weight excluding hydrogens is 467 g/mol. The standard InChI is InChI=1S/C22H22FN5O5S/c1-24-21(30)16-11-14(23)7-6-13(16)12-26-22(31)18-19(29)17-15(5-4-8-25-17)20(27-18)28-9-2-3-10-34(28,32)33/h4-8,11,29H,2-3,9-10,12H2,1H3,(H,24,30)(H,26,31)/i22+2. The number of benzene rings is 1. The van der Waals surface area contributed by atoms with Crippen LogP contribution in [0.25, 0.3) is 10.9 Å². The van der Waals surface area contributed by atoms with Crippen LogP contribution in [0, 0.1) is 5.82 Å². The molecule has 34 heavy (non-hydrogen) atoms. The van der Waals surface area contributed by atoms with Crippen LogP contribution in [-0.2, 0) is 16.6 Å². The third kappa shape index (κ3) is 4.36. The monoisotopic (exact) mass is 489 g/mol. The first-order valence-corrected chi connectivity index (χ1v) is 12.1. The van der Waals surface area contributed by atoms with Crippen LogP contribution in [0.4, 0.5) is 10.2 Å². The van der Waals surface area contributed by atoms with Crippen LogP contribution in [-0.4, -0.2) is 54.7 Å². The number of aromatic hydroxyl groups is 1. The van der Waals surface area contributed by atoms with Gasteiger partial charge in [0.25, 0.3) is 11.8 Å². The molecule has 2 amide bonds. The van der Waals surface area contributed by atoms with Crippen molar-refractivity contribution in [1.82, 2.24) is 20.6 Å².